The van der Waals surface area contributed by atoms with Crippen molar-refractivity contribution in [2.45, 2.75) is 40.7 Å². The zero-order chi connectivity index (χ0) is 18.3. The first-order valence-corrected chi connectivity index (χ1v) is 8.01. The Morgan fingerprint density at radius 1 is 1.20 bits per heavy atom. The fourth-order valence-corrected chi connectivity index (χ4v) is 3.00. The van der Waals surface area contributed by atoms with E-state index in [1.54, 1.807) is 13.8 Å². The summed E-state index contributed by atoms with van der Waals surface area (Å²) in [6.07, 6.45) is 1.31. The molecule has 2 aromatic heterocycles. The van der Waals surface area contributed by atoms with Gasteiger partial charge in [0, 0.05) is 5.69 Å². The summed E-state index contributed by atoms with van der Waals surface area (Å²) in [7, 11) is 0. The van der Waals surface area contributed by atoms with Crippen LogP contribution < -0.4 is 10.9 Å². The van der Waals surface area contributed by atoms with E-state index in [1.165, 1.54) is 10.9 Å². The van der Waals surface area contributed by atoms with Crippen molar-refractivity contribution in [2.24, 2.45) is 0 Å². The largest absolute Gasteiger partial charge is 0.335 e. The van der Waals surface area contributed by atoms with Crippen LogP contribution in [0.5, 0.6) is 0 Å². The SMILES string of the molecule is Cc1cc(C)c(NC(=O)[C@@H](C)n2cnc3onc(C)c3c2=O)c(C)c1. The molecular weight excluding hydrogens is 320 g/mol. The fraction of sp³-hybridized carbons (Fsp3) is 0.333. The van der Waals surface area contributed by atoms with Crippen molar-refractivity contribution in [1.29, 1.82) is 0 Å². The molecule has 1 N–H and O–H groups in total. The minimum atomic E-state index is -0.723. The van der Waals surface area contributed by atoms with E-state index in [0.717, 1.165) is 22.4 Å². The first kappa shape index (κ1) is 16.9. The van der Waals surface area contributed by atoms with E-state index >= 15 is 0 Å². The van der Waals surface area contributed by atoms with Crippen molar-refractivity contribution >= 4 is 22.7 Å². The Kier molecular flexibility index (Phi) is 4.16. The molecule has 0 spiro atoms. The predicted molar refractivity (Wildman–Crippen MR) is 94.8 cm³/mol. The summed E-state index contributed by atoms with van der Waals surface area (Å²) >= 11 is 0. The lowest BCUT2D eigenvalue weighted by atomic mass is 10.0. The van der Waals surface area contributed by atoms with Gasteiger partial charge in [0.2, 0.25) is 5.91 Å². The Hall–Kier alpha value is -2.96. The van der Waals surface area contributed by atoms with Gasteiger partial charge in [-0.15, -0.1) is 0 Å². The Bertz CT molecular complexity index is 1010. The number of anilines is 1. The van der Waals surface area contributed by atoms with Crippen LogP contribution in [0.4, 0.5) is 5.69 Å². The molecular formula is C18H20N4O3. The van der Waals surface area contributed by atoms with Crippen molar-refractivity contribution in [1.82, 2.24) is 14.7 Å². The molecule has 130 valence electrons. The second kappa shape index (κ2) is 6.16. The number of nitrogens with zero attached hydrogens (tertiary/aromatic N) is 3. The van der Waals surface area contributed by atoms with Gasteiger partial charge in [0.15, 0.2) is 0 Å². The zero-order valence-electron chi connectivity index (χ0n) is 14.9. The summed E-state index contributed by atoms with van der Waals surface area (Å²) < 4.78 is 6.28. The predicted octanol–water partition coefficient (Wildman–Crippen LogP) is 2.82. The minimum Gasteiger partial charge on any atom is -0.335 e. The van der Waals surface area contributed by atoms with Gasteiger partial charge in [-0.2, -0.15) is 0 Å². The Morgan fingerprint density at radius 3 is 2.48 bits per heavy atom. The molecule has 0 aliphatic carbocycles. The quantitative estimate of drug-likeness (QED) is 0.792. The van der Waals surface area contributed by atoms with Gasteiger partial charge < -0.3 is 9.84 Å². The van der Waals surface area contributed by atoms with Crippen LogP contribution in [0, 0.1) is 27.7 Å². The smallest absolute Gasteiger partial charge is 0.267 e. The van der Waals surface area contributed by atoms with E-state index < -0.39 is 6.04 Å². The highest BCUT2D eigenvalue weighted by Gasteiger charge is 2.21. The first-order chi connectivity index (χ1) is 11.8. The molecule has 2 heterocycles. The normalized spacial score (nSPS) is 12.4. The van der Waals surface area contributed by atoms with E-state index in [2.05, 4.69) is 15.5 Å². The second-order valence-electron chi connectivity index (χ2n) is 6.34. The highest BCUT2D eigenvalue weighted by Crippen LogP contribution is 2.23. The molecule has 0 bridgehead atoms. The highest BCUT2D eigenvalue weighted by molar-refractivity contribution is 5.95. The molecule has 25 heavy (non-hydrogen) atoms. The molecule has 3 aromatic rings. The average molecular weight is 340 g/mol. The van der Waals surface area contributed by atoms with Gasteiger partial charge in [-0.05, 0) is 45.7 Å². The number of hydrogen-bond donors (Lipinski definition) is 1. The van der Waals surface area contributed by atoms with Gasteiger partial charge in [-0.1, -0.05) is 22.9 Å². The topological polar surface area (TPSA) is 90.0 Å². The number of hydrogen-bond acceptors (Lipinski definition) is 5. The lowest BCUT2D eigenvalue weighted by Crippen LogP contribution is -2.32. The van der Waals surface area contributed by atoms with Crippen LogP contribution in [0.2, 0.25) is 0 Å². The summed E-state index contributed by atoms with van der Waals surface area (Å²) in [6.45, 7) is 9.23. The Labute approximate surface area is 144 Å². The van der Waals surface area contributed by atoms with E-state index in [4.69, 9.17) is 4.52 Å². The number of aromatic nitrogens is 3. The Morgan fingerprint density at radius 2 is 1.84 bits per heavy atom. The molecule has 0 fully saturated rings. The van der Waals surface area contributed by atoms with Gasteiger partial charge in [-0.3, -0.25) is 14.2 Å². The van der Waals surface area contributed by atoms with Crippen molar-refractivity contribution in [3.8, 4) is 0 Å². The molecule has 0 radical (unpaired) electrons. The van der Waals surface area contributed by atoms with Crippen LogP contribution in [0.1, 0.15) is 35.3 Å². The zero-order valence-corrected chi connectivity index (χ0v) is 14.9. The third-order valence-corrected chi connectivity index (χ3v) is 4.31. The number of carbonyl (C=O) groups excluding carboxylic acids is 1. The number of aryl methyl sites for hydroxylation is 4. The van der Waals surface area contributed by atoms with Crippen molar-refractivity contribution in [3.63, 3.8) is 0 Å². The maximum absolute atomic E-state index is 12.7. The molecule has 0 saturated heterocycles. The number of amides is 1. The van der Waals surface area contributed by atoms with Gasteiger partial charge >= 0.3 is 0 Å². The van der Waals surface area contributed by atoms with E-state index in [9.17, 15) is 9.59 Å². The number of nitrogens with one attached hydrogen (secondary N) is 1. The summed E-state index contributed by atoms with van der Waals surface area (Å²) in [5.74, 6) is -0.285. The van der Waals surface area contributed by atoms with E-state index in [1.807, 2.05) is 32.9 Å². The monoisotopic (exact) mass is 340 g/mol. The summed E-state index contributed by atoms with van der Waals surface area (Å²) in [6, 6.07) is 3.29. The molecule has 0 aliphatic rings. The van der Waals surface area contributed by atoms with Crippen LogP contribution >= 0.6 is 0 Å². The van der Waals surface area contributed by atoms with Crippen LogP contribution in [-0.2, 0) is 4.79 Å². The maximum atomic E-state index is 12.7. The van der Waals surface area contributed by atoms with Crippen molar-refractivity contribution in [3.05, 3.63) is 51.2 Å². The molecule has 0 saturated carbocycles. The van der Waals surface area contributed by atoms with Gasteiger partial charge in [0.25, 0.3) is 11.3 Å². The molecule has 0 aliphatic heterocycles. The third kappa shape index (κ3) is 2.93. The van der Waals surface area contributed by atoms with Crippen LogP contribution in [-0.4, -0.2) is 20.6 Å². The molecule has 1 aromatic carbocycles. The van der Waals surface area contributed by atoms with Crippen molar-refractivity contribution in [2.75, 3.05) is 5.32 Å². The standard InChI is InChI=1S/C18H20N4O3/c1-9-6-10(2)15(11(3)7-9)20-16(23)13(5)22-8-19-17-14(18(22)24)12(4)21-25-17/h6-8,13H,1-5H3,(H,20,23)/t13-/m1/s1. The van der Waals surface area contributed by atoms with Gasteiger partial charge in [0.05, 0.1) is 5.69 Å². The van der Waals surface area contributed by atoms with Gasteiger partial charge in [-0.25, -0.2) is 4.98 Å². The fourth-order valence-electron chi connectivity index (χ4n) is 3.00. The van der Waals surface area contributed by atoms with E-state index in [-0.39, 0.29) is 17.2 Å². The third-order valence-electron chi connectivity index (χ3n) is 4.31. The van der Waals surface area contributed by atoms with Gasteiger partial charge in [0.1, 0.15) is 17.8 Å². The van der Waals surface area contributed by atoms with Crippen LogP contribution in [0.3, 0.4) is 0 Å². The number of rotatable bonds is 3. The van der Waals surface area contributed by atoms with Crippen molar-refractivity contribution < 1.29 is 9.32 Å². The molecule has 3 rings (SSSR count). The maximum Gasteiger partial charge on any atom is 0.267 e. The van der Waals surface area contributed by atoms with Crippen LogP contribution in [0.15, 0.2) is 27.8 Å². The lowest BCUT2D eigenvalue weighted by Gasteiger charge is -2.17. The number of fused-ring (bicyclic) bond motifs is 1. The molecule has 0 unspecified atom stereocenters. The lowest BCUT2D eigenvalue weighted by molar-refractivity contribution is -0.118. The average Bonchev–Trinajstić information content (AvgIpc) is 2.92. The van der Waals surface area contributed by atoms with Crippen LogP contribution in [0.25, 0.3) is 11.1 Å². The molecule has 1 atom stereocenters. The highest BCUT2D eigenvalue weighted by atomic mass is 16.5. The first-order valence-electron chi connectivity index (χ1n) is 8.01. The Balaban J connectivity index is 1.95. The second-order valence-corrected chi connectivity index (χ2v) is 6.34. The minimum absolute atomic E-state index is 0.177. The molecule has 1 amide bonds. The number of benzene rings is 1. The summed E-state index contributed by atoms with van der Waals surface area (Å²) in [5, 5.41) is 6.97. The van der Waals surface area contributed by atoms with E-state index in [0.29, 0.717) is 11.1 Å². The molecule has 7 nitrogen and oxygen atoms in total. The summed E-state index contributed by atoms with van der Waals surface area (Å²) in [4.78, 5) is 29.4. The number of carbonyl (C=O) groups is 1. The summed E-state index contributed by atoms with van der Waals surface area (Å²) in [5.41, 5.74) is 4.16. The molecule has 7 heteroatoms.